The minimum Gasteiger partial charge on any atom is -0.460 e. The van der Waals surface area contributed by atoms with E-state index in [4.69, 9.17) is 4.74 Å². The summed E-state index contributed by atoms with van der Waals surface area (Å²) in [6, 6.07) is 3.58. The Morgan fingerprint density at radius 1 is 1.21 bits per heavy atom. The zero-order valence-electron chi connectivity index (χ0n) is 16.3. The van der Waals surface area contributed by atoms with Gasteiger partial charge in [0, 0.05) is 46.8 Å². The maximum absolute atomic E-state index is 12.3. The Morgan fingerprint density at radius 3 is 2.66 bits per heavy atom. The lowest BCUT2D eigenvalue weighted by atomic mass is 10.3. The normalized spacial score (nSPS) is 15.2. The van der Waals surface area contributed by atoms with Crippen molar-refractivity contribution in [3.05, 3.63) is 43.2 Å². The number of anilines is 1. The van der Waals surface area contributed by atoms with Crippen LogP contribution < -0.4 is 16.1 Å². The Kier molecular flexibility index (Phi) is 5.24. The summed E-state index contributed by atoms with van der Waals surface area (Å²) in [5.41, 5.74) is -0.0981. The zero-order valence-corrected chi connectivity index (χ0v) is 17.1. The number of aromatic amines is 1. The average Bonchev–Trinajstić information content (AvgIpc) is 3.41. The van der Waals surface area contributed by atoms with Gasteiger partial charge in [-0.05, 0) is 11.4 Å². The highest BCUT2D eigenvalue weighted by molar-refractivity contribution is 7.11. The third kappa shape index (κ3) is 3.70. The monoisotopic (exact) mass is 418 g/mol. The van der Waals surface area contributed by atoms with Gasteiger partial charge in [0.05, 0.1) is 0 Å². The lowest BCUT2D eigenvalue weighted by molar-refractivity contribution is 0.0464. The number of esters is 1. The molecule has 1 N–H and O–H groups in total. The molecule has 0 amide bonds. The molecule has 29 heavy (non-hydrogen) atoms. The Hall–Kier alpha value is -2.92. The van der Waals surface area contributed by atoms with Gasteiger partial charge in [-0.1, -0.05) is 6.07 Å². The average molecular weight is 418 g/mol. The molecule has 3 aromatic rings. The first-order valence-electron chi connectivity index (χ1n) is 9.29. The largest absolute Gasteiger partial charge is 0.460 e. The van der Waals surface area contributed by atoms with Gasteiger partial charge in [-0.2, -0.15) is 4.98 Å². The van der Waals surface area contributed by atoms with Gasteiger partial charge < -0.3 is 14.6 Å². The molecular weight excluding hydrogens is 396 g/mol. The molecule has 1 aliphatic rings. The number of ether oxygens (including phenoxy) is 1. The number of nitrogens with one attached hydrogen (secondary N) is 1. The molecule has 0 bridgehead atoms. The fourth-order valence-electron chi connectivity index (χ4n) is 3.38. The van der Waals surface area contributed by atoms with Crippen LogP contribution in [0.3, 0.4) is 0 Å². The number of imidazole rings is 1. The molecule has 10 nitrogen and oxygen atoms in total. The van der Waals surface area contributed by atoms with Crippen LogP contribution in [0.4, 0.5) is 5.95 Å². The van der Waals surface area contributed by atoms with Gasteiger partial charge in [0.2, 0.25) is 5.95 Å². The summed E-state index contributed by atoms with van der Waals surface area (Å²) in [6.07, 6.45) is 0. The number of thiophene rings is 1. The van der Waals surface area contributed by atoms with Gasteiger partial charge in [-0.15, -0.1) is 11.3 Å². The molecular formula is C18H22N6O4S. The van der Waals surface area contributed by atoms with Crippen molar-refractivity contribution >= 4 is 34.4 Å². The quantitative estimate of drug-likeness (QED) is 0.582. The highest BCUT2D eigenvalue weighted by Gasteiger charge is 2.22. The summed E-state index contributed by atoms with van der Waals surface area (Å²) >= 11 is 1.37. The van der Waals surface area contributed by atoms with Crippen LogP contribution >= 0.6 is 11.3 Å². The van der Waals surface area contributed by atoms with Gasteiger partial charge >= 0.3 is 11.7 Å². The first-order valence-corrected chi connectivity index (χ1v) is 10.2. The number of aryl methyl sites for hydroxylation is 1. The Morgan fingerprint density at radius 2 is 1.97 bits per heavy atom. The van der Waals surface area contributed by atoms with Crippen LogP contribution in [0, 0.1) is 0 Å². The number of fused-ring (bicyclic) bond motifs is 1. The molecule has 0 unspecified atom stereocenters. The number of piperazine rings is 1. The lowest BCUT2D eigenvalue weighted by Crippen LogP contribution is -2.47. The summed E-state index contributed by atoms with van der Waals surface area (Å²) < 4.78 is 7.76. The molecule has 0 aliphatic carbocycles. The molecule has 0 atom stereocenters. The smallest absolute Gasteiger partial charge is 0.348 e. The molecule has 4 rings (SSSR count). The maximum atomic E-state index is 12.3. The van der Waals surface area contributed by atoms with E-state index in [-0.39, 0.29) is 11.5 Å². The van der Waals surface area contributed by atoms with Crippen molar-refractivity contribution in [3.8, 4) is 0 Å². The lowest BCUT2D eigenvalue weighted by Gasteiger charge is -2.34. The van der Waals surface area contributed by atoms with Crippen molar-refractivity contribution in [1.82, 2.24) is 24.0 Å². The molecule has 0 aromatic carbocycles. The van der Waals surface area contributed by atoms with Crippen LogP contribution in [0.5, 0.6) is 0 Å². The highest BCUT2D eigenvalue weighted by atomic mass is 32.1. The second kappa shape index (κ2) is 7.84. The molecule has 154 valence electrons. The summed E-state index contributed by atoms with van der Waals surface area (Å²) in [5, 5.41) is 1.85. The number of H-pyrrole nitrogens is 1. The van der Waals surface area contributed by atoms with E-state index in [2.05, 4.69) is 19.8 Å². The third-order valence-corrected chi connectivity index (χ3v) is 5.97. The zero-order chi connectivity index (χ0) is 20.5. The van der Waals surface area contributed by atoms with Crippen LogP contribution in [-0.2, 0) is 18.8 Å². The van der Waals surface area contributed by atoms with Gasteiger partial charge in [0.15, 0.2) is 11.2 Å². The number of nitrogens with zero attached hydrogens (tertiary/aromatic N) is 5. The predicted octanol–water partition coefficient (Wildman–Crippen LogP) is 0.000800. The maximum Gasteiger partial charge on any atom is 0.348 e. The van der Waals surface area contributed by atoms with Gasteiger partial charge in [-0.3, -0.25) is 18.8 Å². The standard InChI is InChI=1S/C18H22N6O4S/c1-21-14-13(15(25)22(2)18(21)27)19-17(20-14)24-7-5-23(6-8-24)9-10-28-16(26)12-4-3-11-29-12/h3-4,11H,5-10H2,1-2H3,(H,19,20). The van der Waals surface area contributed by atoms with Crippen molar-refractivity contribution in [2.75, 3.05) is 44.2 Å². The van der Waals surface area contributed by atoms with Crippen LogP contribution in [0.25, 0.3) is 11.2 Å². The molecule has 0 spiro atoms. The number of aromatic nitrogens is 4. The minimum atomic E-state index is -0.400. The van der Waals surface area contributed by atoms with Crippen molar-refractivity contribution in [2.24, 2.45) is 14.1 Å². The summed E-state index contributed by atoms with van der Waals surface area (Å²) in [5.74, 6) is 0.301. The first-order chi connectivity index (χ1) is 14.0. The molecule has 4 heterocycles. The Labute approximate surface area is 169 Å². The molecule has 11 heteroatoms. The van der Waals surface area contributed by atoms with Crippen LogP contribution in [0.2, 0.25) is 0 Å². The molecule has 1 fully saturated rings. The molecule has 3 aromatic heterocycles. The Bertz CT molecular complexity index is 1140. The van der Waals surface area contributed by atoms with Crippen LogP contribution in [0.15, 0.2) is 27.1 Å². The molecule has 1 saturated heterocycles. The molecule has 0 saturated carbocycles. The summed E-state index contributed by atoms with van der Waals surface area (Å²) in [7, 11) is 3.05. The van der Waals surface area contributed by atoms with Crippen molar-refractivity contribution in [3.63, 3.8) is 0 Å². The Balaban J connectivity index is 1.36. The van der Waals surface area contributed by atoms with E-state index in [0.29, 0.717) is 48.2 Å². The summed E-state index contributed by atoms with van der Waals surface area (Å²) in [6.45, 7) is 4.01. The molecule has 1 aliphatic heterocycles. The van der Waals surface area contributed by atoms with E-state index >= 15 is 0 Å². The first kappa shape index (κ1) is 19.4. The van der Waals surface area contributed by atoms with Crippen molar-refractivity contribution < 1.29 is 9.53 Å². The second-order valence-electron chi connectivity index (χ2n) is 6.91. The van der Waals surface area contributed by atoms with E-state index < -0.39 is 5.69 Å². The SMILES string of the molecule is Cn1c(=O)c2[nH]c(N3CCN(CCOC(=O)c4cccs4)CC3)nc2n(C)c1=O. The van der Waals surface area contributed by atoms with Crippen LogP contribution in [-0.4, -0.2) is 69.3 Å². The van der Waals surface area contributed by atoms with Gasteiger partial charge in [-0.25, -0.2) is 9.59 Å². The van der Waals surface area contributed by atoms with Crippen molar-refractivity contribution in [2.45, 2.75) is 0 Å². The predicted molar refractivity (Wildman–Crippen MR) is 110 cm³/mol. The van der Waals surface area contributed by atoms with E-state index in [1.165, 1.54) is 23.0 Å². The van der Waals surface area contributed by atoms with E-state index in [9.17, 15) is 14.4 Å². The molecule has 0 radical (unpaired) electrons. The number of carbonyl (C=O) groups excluding carboxylic acids is 1. The van der Waals surface area contributed by atoms with E-state index in [0.717, 1.165) is 17.7 Å². The fourth-order valence-corrected chi connectivity index (χ4v) is 4.00. The van der Waals surface area contributed by atoms with E-state index in [1.807, 2.05) is 11.4 Å². The number of carbonyl (C=O) groups is 1. The number of rotatable bonds is 5. The van der Waals surface area contributed by atoms with Crippen molar-refractivity contribution in [1.29, 1.82) is 0 Å². The summed E-state index contributed by atoms with van der Waals surface area (Å²) in [4.78, 5) is 48.7. The van der Waals surface area contributed by atoms with E-state index in [1.54, 1.807) is 13.1 Å². The fraction of sp³-hybridized carbons (Fsp3) is 0.444. The topological polar surface area (TPSA) is 105 Å². The van der Waals surface area contributed by atoms with Gasteiger partial charge in [0.1, 0.15) is 11.5 Å². The highest BCUT2D eigenvalue weighted by Crippen LogP contribution is 2.15. The minimum absolute atomic E-state index is 0.284. The van der Waals surface area contributed by atoms with Gasteiger partial charge in [0.25, 0.3) is 5.56 Å². The third-order valence-electron chi connectivity index (χ3n) is 5.12. The van der Waals surface area contributed by atoms with Crippen LogP contribution in [0.1, 0.15) is 9.67 Å². The number of hydrogen-bond donors (Lipinski definition) is 1. The number of hydrogen-bond acceptors (Lipinski definition) is 8. The second-order valence-corrected chi connectivity index (χ2v) is 7.85.